The Balaban J connectivity index is 2.32. The second-order valence-corrected chi connectivity index (χ2v) is 7.11. The first-order chi connectivity index (χ1) is 10.4. The molecule has 4 heteroatoms. The molecular formula is C18H31NO3. The summed E-state index contributed by atoms with van der Waals surface area (Å²) in [6, 6.07) is 0. The van der Waals surface area contributed by atoms with E-state index in [-0.39, 0.29) is 18.6 Å². The molecule has 1 N–H and O–H groups in total. The van der Waals surface area contributed by atoms with Crippen molar-refractivity contribution in [1.29, 1.82) is 0 Å². The van der Waals surface area contributed by atoms with Crippen LogP contribution < -0.4 is 0 Å². The van der Waals surface area contributed by atoms with Gasteiger partial charge >= 0.3 is 0 Å². The van der Waals surface area contributed by atoms with Gasteiger partial charge in [-0.15, -0.1) is 0 Å². The van der Waals surface area contributed by atoms with E-state index in [1.54, 1.807) is 0 Å². The highest BCUT2D eigenvalue weighted by Crippen LogP contribution is 2.39. The van der Waals surface area contributed by atoms with Crippen LogP contribution in [0.5, 0.6) is 0 Å². The van der Waals surface area contributed by atoms with Gasteiger partial charge in [0.1, 0.15) is 12.6 Å². The Morgan fingerprint density at radius 1 is 1.41 bits per heavy atom. The summed E-state index contributed by atoms with van der Waals surface area (Å²) in [5.74, 6) is 0.782. The van der Waals surface area contributed by atoms with Crippen molar-refractivity contribution in [1.82, 2.24) is 0 Å². The van der Waals surface area contributed by atoms with Crippen LogP contribution in [-0.2, 0) is 4.74 Å². The Hall–Kier alpha value is -1.00. The molecule has 0 radical (unpaired) electrons. The zero-order chi connectivity index (χ0) is 16.6. The van der Waals surface area contributed by atoms with Crippen molar-refractivity contribution in [3.8, 4) is 0 Å². The number of aliphatic hydroxyl groups excluding tert-OH is 1. The van der Waals surface area contributed by atoms with E-state index in [4.69, 9.17) is 4.74 Å². The minimum atomic E-state index is -0.793. The Labute approximate surface area is 134 Å². The molecule has 0 saturated heterocycles. The van der Waals surface area contributed by atoms with Gasteiger partial charge in [-0.3, -0.25) is 0 Å². The van der Waals surface area contributed by atoms with Gasteiger partial charge in [0.2, 0.25) is 0 Å². The molecular weight excluding hydrogens is 278 g/mol. The topological polar surface area (TPSA) is 58.9 Å². The molecule has 22 heavy (non-hydrogen) atoms. The maximum Gasteiger partial charge on any atom is 0.109 e. The molecule has 0 heterocycles. The maximum atomic E-state index is 10.0. The summed E-state index contributed by atoms with van der Waals surface area (Å²) in [6.45, 7) is 9.77. The van der Waals surface area contributed by atoms with E-state index in [0.29, 0.717) is 6.61 Å². The standard InChI is InChI=1S/C18H31NO3/c1-5-14(2)8-9-18(3,4)16-7-6-15(10-16)12-22-13-17(20)11-19-21/h6-7,14,17,20H,5,8-13H2,1-4H3. The van der Waals surface area contributed by atoms with E-state index in [1.807, 2.05) is 0 Å². The molecule has 4 nitrogen and oxygen atoms in total. The van der Waals surface area contributed by atoms with Crippen LogP contribution in [0.15, 0.2) is 28.5 Å². The number of aliphatic hydroxyl groups is 1. The molecule has 1 aliphatic carbocycles. The number of ether oxygens (including phenoxy) is 1. The highest BCUT2D eigenvalue weighted by atomic mass is 16.5. The fraction of sp³-hybridized carbons (Fsp3) is 0.778. The molecule has 2 atom stereocenters. The first-order valence-corrected chi connectivity index (χ1v) is 8.33. The second kappa shape index (κ2) is 9.21. The molecule has 0 aromatic heterocycles. The lowest BCUT2D eigenvalue weighted by Gasteiger charge is -2.28. The maximum absolute atomic E-state index is 10.0. The fourth-order valence-electron chi connectivity index (χ4n) is 2.58. The molecule has 1 aliphatic rings. The molecule has 0 amide bonds. The lowest BCUT2D eigenvalue weighted by atomic mass is 9.77. The molecule has 0 bridgehead atoms. The van der Waals surface area contributed by atoms with Crippen LogP contribution in [0.3, 0.4) is 0 Å². The Kier molecular flexibility index (Phi) is 7.97. The van der Waals surface area contributed by atoms with E-state index >= 15 is 0 Å². The molecule has 126 valence electrons. The van der Waals surface area contributed by atoms with Crippen LogP contribution >= 0.6 is 0 Å². The smallest absolute Gasteiger partial charge is 0.109 e. The number of nitroso groups, excluding NO2 is 1. The summed E-state index contributed by atoms with van der Waals surface area (Å²) in [5.41, 5.74) is 2.92. The van der Waals surface area contributed by atoms with Gasteiger partial charge in [0.05, 0.1) is 13.2 Å². The van der Waals surface area contributed by atoms with Crippen molar-refractivity contribution >= 4 is 0 Å². The van der Waals surface area contributed by atoms with E-state index in [9.17, 15) is 10.0 Å². The zero-order valence-corrected chi connectivity index (χ0v) is 14.5. The van der Waals surface area contributed by atoms with Crippen molar-refractivity contribution < 1.29 is 9.84 Å². The van der Waals surface area contributed by atoms with Gasteiger partial charge in [-0.25, -0.2) is 0 Å². The monoisotopic (exact) mass is 309 g/mol. The van der Waals surface area contributed by atoms with E-state index in [2.05, 4.69) is 45.0 Å². The van der Waals surface area contributed by atoms with Gasteiger partial charge < -0.3 is 9.84 Å². The first-order valence-electron chi connectivity index (χ1n) is 8.33. The van der Waals surface area contributed by atoms with E-state index in [0.717, 1.165) is 12.3 Å². The number of allylic oxidation sites excluding steroid dienone is 3. The van der Waals surface area contributed by atoms with Crippen LogP contribution in [0.4, 0.5) is 0 Å². The summed E-state index contributed by atoms with van der Waals surface area (Å²) in [4.78, 5) is 10.0. The Morgan fingerprint density at radius 3 is 2.77 bits per heavy atom. The fourth-order valence-corrected chi connectivity index (χ4v) is 2.58. The largest absolute Gasteiger partial charge is 0.389 e. The average Bonchev–Trinajstić information content (AvgIpc) is 2.95. The average molecular weight is 309 g/mol. The summed E-state index contributed by atoms with van der Waals surface area (Å²) < 4.78 is 5.46. The van der Waals surface area contributed by atoms with Crippen LogP contribution in [0.2, 0.25) is 0 Å². The van der Waals surface area contributed by atoms with Crippen LogP contribution in [0.25, 0.3) is 0 Å². The summed E-state index contributed by atoms with van der Waals surface area (Å²) >= 11 is 0. The minimum absolute atomic E-state index is 0.106. The van der Waals surface area contributed by atoms with Crippen LogP contribution in [0.1, 0.15) is 53.4 Å². The third-order valence-corrected chi connectivity index (χ3v) is 4.65. The molecule has 0 spiro atoms. The van der Waals surface area contributed by atoms with Crippen molar-refractivity contribution in [2.24, 2.45) is 16.5 Å². The normalized spacial score (nSPS) is 17.9. The van der Waals surface area contributed by atoms with Gasteiger partial charge in [0.25, 0.3) is 0 Å². The van der Waals surface area contributed by atoms with Gasteiger partial charge in [0.15, 0.2) is 0 Å². The number of hydrogen-bond acceptors (Lipinski definition) is 4. The molecule has 0 aliphatic heterocycles. The summed E-state index contributed by atoms with van der Waals surface area (Å²) in [6.07, 6.45) is 8.22. The van der Waals surface area contributed by atoms with Gasteiger partial charge in [-0.2, -0.15) is 4.91 Å². The molecule has 0 aromatic carbocycles. The lowest BCUT2D eigenvalue weighted by molar-refractivity contribution is 0.0512. The van der Waals surface area contributed by atoms with Crippen molar-refractivity contribution in [3.05, 3.63) is 28.2 Å². The van der Waals surface area contributed by atoms with Crippen molar-refractivity contribution in [3.63, 3.8) is 0 Å². The molecule has 2 unspecified atom stereocenters. The Morgan fingerprint density at radius 2 is 2.14 bits per heavy atom. The minimum Gasteiger partial charge on any atom is -0.389 e. The van der Waals surface area contributed by atoms with Crippen molar-refractivity contribution in [2.75, 3.05) is 19.8 Å². The number of hydrogen-bond donors (Lipinski definition) is 1. The van der Waals surface area contributed by atoms with Gasteiger partial charge in [-0.1, -0.05) is 57.0 Å². The third-order valence-electron chi connectivity index (χ3n) is 4.65. The lowest BCUT2D eigenvalue weighted by Crippen LogP contribution is -2.19. The predicted molar refractivity (Wildman–Crippen MR) is 90.7 cm³/mol. The zero-order valence-electron chi connectivity index (χ0n) is 14.5. The van der Waals surface area contributed by atoms with Crippen LogP contribution in [0, 0.1) is 16.2 Å². The summed E-state index contributed by atoms with van der Waals surface area (Å²) in [5, 5.41) is 12.1. The first kappa shape index (κ1) is 19.0. The summed E-state index contributed by atoms with van der Waals surface area (Å²) in [7, 11) is 0. The quantitative estimate of drug-likeness (QED) is 0.581. The molecule has 0 saturated carbocycles. The van der Waals surface area contributed by atoms with Crippen molar-refractivity contribution in [2.45, 2.75) is 59.5 Å². The van der Waals surface area contributed by atoms with E-state index in [1.165, 1.54) is 30.4 Å². The predicted octanol–water partition coefficient (Wildman–Crippen LogP) is 4.24. The molecule has 1 rings (SSSR count). The number of nitrogens with zero attached hydrogens (tertiary/aromatic N) is 1. The third kappa shape index (κ3) is 6.41. The highest BCUT2D eigenvalue weighted by molar-refractivity contribution is 5.34. The Bertz CT molecular complexity index is 413. The SMILES string of the molecule is CCC(C)CCC(C)(C)C1=CC=C(COCC(O)CN=O)C1. The second-order valence-electron chi connectivity index (χ2n) is 7.11. The highest BCUT2D eigenvalue weighted by Gasteiger charge is 2.26. The van der Waals surface area contributed by atoms with E-state index < -0.39 is 6.10 Å². The van der Waals surface area contributed by atoms with Gasteiger partial charge in [-0.05, 0) is 36.2 Å². The number of rotatable bonds is 11. The molecule has 0 aromatic rings. The van der Waals surface area contributed by atoms with Gasteiger partial charge in [0, 0.05) is 0 Å². The molecule has 0 fully saturated rings. The van der Waals surface area contributed by atoms with Crippen LogP contribution in [-0.4, -0.2) is 31.0 Å².